The van der Waals surface area contributed by atoms with Crippen molar-refractivity contribution < 1.29 is 0 Å². The van der Waals surface area contributed by atoms with E-state index in [1.54, 1.807) is 0 Å². The van der Waals surface area contributed by atoms with Crippen LogP contribution in [0.1, 0.15) is 27.8 Å². The summed E-state index contributed by atoms with van der Waals surface area (Å²) >= 11 is 0. The van der Waals surface area contributed by atoms with Crippen molar-refractivity contribution in [3.63, 3.8) is 0 Å². The second-order valence-corrected chi connectivity index (χ2v) is 9.02. The lowest BCUT2D eigenvalue weighted by molar-refractivity contribution is 0.794. The first-order valence-corrected chi connectivity index (χ1v) is 11.3. The Morgan fingerprint density at radius 3 is 1.50 bits per heavy atom. The van der Waals surface area contributed by atoms with Crippen LogP contribution in [0.5, 0.6) is 0 Å². The van der Waals surface area contributed by atoms with E-state index in [9.17, 15) is 0 Å². The van der Waals surface area contributed by atoms with Gasteiger partial charge in [0.1, 0.15) is 0 Å². The normalized spacial score (nSPS) is 14.0. The zero-order valence-corrected chi connectivity index (χ0v) is 18.0. The van der Waals surface area contributed by atoms with E-state index in [0.717, 1.165) is 0 Å². The molecule has 0 N–H and O–H groups in total. The van der Waals surface area contributed by atoms with Gasteiger partial charge >= 0.3 is 0 Å². The van der Waals surface area contributed by atoms with Gasteiger partial charge in [-0.3, -0.25) is 0 Å². The van der Waals surface area contributed by atoms with Gasteiger partial charge in [0.25, 0.3) is 0 Å². The maximum absolute atomic E-state index is 2.40. The molecule has 150 valence electrons. The topological polar surface area (TPSA) is 0 Å². The van der Waals surface area contributed by atoms with Crippen molar-refractivity contribution in [3.8, 4) is 33.4 Å². The molecule has 0 saturated heterocycles. The molecule has 5 aromatic carbocycles. The zero-order chi connectivity index (χ0) is 21.3. The van der Waals surface area contributed by atoms with Crippen LogP contribution < -0.4 is 0 Å². The number of hydrogen-bond donors (Lipinski definition) is 0. The van der Waals surface area contributed by atoms with E-state index in [4.69, 9.17) is 0 Å². The highest BCUT2D eigenvalue weighted by molar-refractivity contribution is 5.95. The van der Waals surface area contributed by atoms with Gasteiger partial charge in [-0.2, -0.15) is 0 Å². The number of aryl methyl sites for hydroxylation is 1. The molecule has 0 aromatic heterocycles. The highest BCUT2D eigenvalue weighted by Gasteiger charge is 2.51. The number of fused-ring (bicyclic) bond motifs is 10. The Morgan fingerprint density at radius 2 is 0.906 bits per heavy atom. The minimum absolute atomic E-state index is 0.246. The van der Waals surface area contributed by atoms with Crippen LogP contribution in [-0.4, -0.2) is 0 Å². The Labute approximate surface area is 188 Å². The van der Waals surface area contributed by atoms with Gasteiger partial charge < -0.3 is 0 Å². The first kappa shape index (κ1) is 17.7. The lowest BCUT2D eigenvalue weighted by Crippen LogP contribution is -2.25. The summed E-state index contributed by atoms with van der Waals surface area (Å²) in [5.74, 6) is 0. The largest absolute Gasteiger partial charge is 0.0725 e. The zero-order valence-electron chi connectivity index (χ0n) is 18.0. The molecule has 0 fully saturated rings. The minimum atomic E-state index is -0.246. The second kappa shape index (κ2) is 6.31. The van der Waals surface area contributed by atoms with E-state index in [1.807, 2.05) is 0 Å². The molecule has 0 saturated carbocycles. The Bertz CT molecular complexity index is 1490. The van der Waals surface area contributed by atoms with Gasteiger partial charge in [-0.1, -0.05) is 115 Å². The van der Waals surface area contributed by atoms with Crippen LogP contribution in [0.2, 0.25) is 0 Å². The van der Waals surface area contributed by atoms with Crippen molar-refractivity contribution >= 4 is 0 Å². The smallest absolute Gasteiger partial charge is 0.0619 e. The van der Waals surface area contributed by atoms with Crippen LogP contribution in [0.4, 0.5) is 0 Å². The number of hydrogen-bond acceptors (Lipinski definition) is 0. The van der Waals surface area contributed by atoms with Gasteiger partial charge in [-0.05, 0) is 68.6 Å². The van der Waals surface area contributed by atoms with E-state index in [2.05, 4.69) is 122 Å². The third-order valence-corrected chi connectivity index (χ3v) is 7.35. The maximum Gasteiger partial charge on any atom is 0.0725 e. The summed E-state index contributed by atoms with van der Waals surface area (Å²) in [5.41, 5.74) is 14.6. The van der Waals surface area contributed by atoms with Crippen molar-refractivity contribution in [2.75, 3.05) is 0 Å². The fraction of sp³-hybridized carbons (Fsp3) is 0.0625. The predicted octanol–water partition coefficient (Wildman–Crippen LogP) is 8.01. The summed E-state index contributed by atoms with van der Waals surface area (Å²) in [4.78, 5) is 0. The molecule has 0 nitrogen and oxygen atoms in total. The summed E-state index contributed by atoms with van der Waals surface area (Å²) in [6.07, 6.45) is 0. The number of rotatable bonds is 1. The Hall–Kier alpha value is -3.90. The molecule has 7 rings (SSSR count). The quantitative estimate of drug-likeness (QED) is 0.259. The summed E-state index contributed by atoms with van der Waals surface area (Å²) < 4.78 is 0. The maximum atomic E-state index is 2.40. The SMILES string of the molecule is Cc1cccc(-c2ccc3c(c2)-c2ccccc2C32c3ccccc3-c3ccccc32)c1. The van der Waals surface area contributed by atoms with E-state index in [0.29, 0.717) is 0 Å². The molecule has 0 heterocycles. The minimum Gasteiger partial charge on any atom is -0.0619 e. The molecule has 0 bridgehead atoms. The van der Waals surface area contributed by atoms with Gasteiger partial charge in [0.2, 0.25) is 0 Å². The Balaban J connectivity index is 1.59. The Morgan fingerprint density at radius 1 is 0.406 bits per heavy atom. The molecule has 5 aromatic rings. The first-order chi connectivity index (χ1) is 15.8. The molecule has 0 unspecified atom stereocenters. The van der Waals surface area contributed by atoms with Crippen LogP contribution in [0, 0.1) is 6.92 Å². The molecule has 0 radical (unpaired) electrons. The number of benzene rings is 5. The molecular weight excluding hydrogens is 384 g/mol. The van der Waals surface area contributed by atoms with Crippen molar-refractivity contribution in [2.24, 2.45) is 0 Å². The van der Waals surface area contributed by atoms with Crippen molar-refractivity contribution in [2.45, 2.75) is 12.3 Å². The first-order valence-electron chi connectivity index (χ1n) is 11.3. The summed E-state index contributed by atoms with van der Waals surface area (Å²) in [6, 6.07) is 42.8. The van der Waals surface area contributed by atoms with Crippen LogP contribution >= 0.6 is 0 Å². The molecule has 0 aliphatic heterocycles. The second-order valence-electron chi connectivity index (χ2n) is 9.02. The molecule has 32 heavy (non-hydrogen) atoms. The molecule has 1 spiro atoms. The van der Waals surface area contributed by atoms with Crippen LogP contribution in [-0.2, 0) is 5.41 Å². The standard InChI is InChI=1S/C32H22/c1-21-9-8-10-22(19-21)23-17-18-31-27(20-23)26-13-4-7-16-30(26)32(31)28-14-5-2-11-24(28)25-12-3-6-15-29(25)32/h2-20H,1H3. The predicted molar refractivity (Wildman–Crippen MR) is 133 cm³/mol. The van der Waals surface area contributed by atoms with Crippen molar-refractivity contribution in [1.82, 2.24) is 0 Å². The molecule has 0 amide bonds. The van der Waals surface area contributed by atoms with Crippen LogP contribution in [0.15, 0.2) is 115 Å². The monoisotopic (exact) mass is 406 g/mol. The average Bonchev–Trinajstić information content (AvgIpc) is 3.31. The van der Waals surface area contributed by atoms with Crippen LogP contribution in [0.25, 0.3) is 33.4 Å². The molecule has 0 atom stereocenters. The van der Waals surface area contributed by atoms with Gasteiger partial charge in [0.15, 0.2) is 0 Å². The summed E-state index contributed by atoms with van der Waals surface area (Å²) in [7, 11) is 0. The highest BCUT2D eigenvalue weighted by Crippen LogP contribution is 2.62. The molecular formula is C32H22. The fourth-order valence-electron chi connectivity index (χ4n) is 6.10. The lowest BCUT2D eigenvalue weighted by Gasteiger charge is -2.30. The van der Waals surface area contributed by atoms with Gasteiger partial charge in [-0.25, -0.2) is 0 Å². The third kappa shape index (κ3) is 2.12. The summed E-state index contributed by atoms with van der Waals surface area (Å²) in [6.45, 7) is 2.16. The molecule has 0 heteroatoms. The van der Waals surface area contributed by atoms with E-state index in [1.165, 1.54) is 61.2 Å². The fourth-order valence-corrected chi connectivity index (χ4v) is 6.10. The van der Waals surface area contributed by atoms with E-state index in [-0.39, 0.29) is 5.41 Å². The van der Waals surface area contributed by atoms with Crippen molar-refractivity contribution in [1.29, 1.82) is 0 Å². The third-order valence-electron chi connectivity index (χ3n) is 7.35. The highest BCUT2D eigenvalue weighted by atomic mass is 14.5. The van der Waals surface area contributed by atoms with Crippen LogP contribution in [0.3, 0.4) is 0 Å². The van der Waals surface area contributed by atoms with Gasteiger partial charge in [0.05, 0.1) is 5.41 Å². The molecule has 2 aliphatic carbocycles. The van der Waals surface area contributed by atoms with Gasteiger partial charge in [-0.15, -0.1) is 0 Å². The van der Waals surface area contributed by atoms with E-state index < -0.39 is 0 Å². The summed E-state index contributed by atoms with van der Waals surface area (Å²) in [5, 5.41) is 0. The van der Waals surface area contributed by atoms with Gasteiger partial charge in [0, 0.05) is 0 Å². The average molecular weight is 407 g/mol. The van der Waals surface area contributed by atoms with E-state index >= 15 is 0 Å². The lowest BCUT2D eigenvalue weighted by atomic mass is 9.70. The molecule has 2 aliphatic rings. The van der Waals surface area contributed by atoms with Crippen molar-refractivity contribution in [3.05, 3.63) is 143 Å². The Kier molecular flexibility index (Phi) is 3.50.